The average Bonchev–Trinajstić information content (AvgIpc) is 2.68. The molecule has 0 unspecified atom stereocenters. The number of methoxy groups -OCH3 is 1. The van der Waals surface area contributed by atoms with Gasteiger partial charge in [0.2, 0.25) is 5.91 Å². The summed E-state index contributed by atoms with van der Waals surface area (Å²) < 4.78 is 4.59. The summed E-state index contributed by atoms with van der Waals surface area (Å²) in [5.74, 6) is -0.191. The van der Waals surface area contributed by atoms with E-state index in [1.54, 1.807) is 4.90 Å². The van der Waals surface area contributed by atoms with Crippen molar-refractivity contribution in [2.24, 2.45) is 5.92 Å². The number of fused-ring (bicyclic) bond motifs is 1. The van der Waals surface area contributed by atoms with Gasteiger partial charge in [-0.15, -0.1) is 0 Å². The summed E-state index contributed by atoms with van der Waals surface area (Å²) in [7, 11) is 1.33. The smallest absolute Gasteiger partial charge is 0.307 e. The Balaban J connectivity index is 2.14. The Labute approximate surface area is 107 Å². The quantitative estimate of drug-likeness (QED) is 0.706. The minimum absolute atomic E-state index is 0.00681. The van der Waals surface area contributed by atoms with Crippen molar-refractivity contribution < 1.29 is 14.3 Å². The van der Waals surface area contributed by atoms with E-state index in [0.717, 1.165) is 25.7 Å². The number of hydrogen-bond acceptors (Lipinski definition) is 4. The monoisotopic (exact) mass is 250 g/mol. The Morgan fingerprint density at radius 3 is 3.06 bits per heavy atom. The normalized spacial score (nSPS) is 30.8. The van der Waals surface area contributed by atoms with Gasteiger partial charge >= 0.3 is 5.97 Å². The molecule has 1 saturated heterocycles. The second-order valence-electron chi connectivity index (χ2n) is 5.05. The molecule has 0 aromatic carbocycles. The molecule has 0 aromatic rings. The molecule has 2 rings (SSSR count). The summed E-state index contributed by atoms with van der Waals surface area (Å²) in [6, 6.07) is 2.35. The van der Waals surface area contributed by atoms with E-state index in [1.807, 2.05) is 0 Å². The predicted molar refractivity (Wildman–Crippen MR) is 63.3 cm³/mol. The first-order valence-corrected chi connectivity index (χ1v) is 6.42. The van der Waals surface area contributed by atoms with Gasteiger partial charge in [0, 0.05) is 18.9 Å². The van der Waals surface area contributed by atoms with Crippen LogP contribution in [-0.2, 0) is 14.3 Å². The van der Waals surface area contributed by atoms with Gasteiger partial charge in [-0.25, -0.2) is 0 Å². The summed E-state index contributed by atoms with van der Waals surface area (Å²) in [5, 5.41) is 9.50. The minimum atomic E-state index is -0.663. The van der Waals surface area contributed by atoms with Crippen LogP contribution in [0, 0.1) is 17.2 Å². The maximum Gasteiger partial charge on any atom is 0.307 e. The number of hydrogen-bond donors (Lipinski definition) is 0. The Morgan fingerprint density at radius 1 is 1.61 bits per heavy atom. The Hall–Kier alpha value is -1.57. The molecule has 0 aromatic heterocycles. The zero-order chi connectivity index (χ0) is 13.2. The molecule has 0 N–H and O–H groups in total. The lowest BCUT2D eigenvalue weighted by Crippen LogP contribution is -2.50. The lowest BCUT2D eigenvalue weighted by molar-refractivity contribution is -0.142. The fourth-order valence-corrected chi connectivity index (χ4v) is 3.23. The fourth-order valence-electron chi connectivity index (χ4n) is 3.23. The molecule has 2 aliphatic rings. The number of nitrogens with zero attached hydrogens (tertiary/aromatic N) is 2. The maximum absolute atomic E-state index is 12.0. The molecule has 5 nitrogen and oxygen atoms in total. The van der Waals surface area contributed by atoms with E-state index in [4.69, 9.17) is 0 Å². The van der Waals surface area contributed by atoms with Crippen molar-refractivity contribution >= 4 is 11.9 Å². The molecule has 2 fully saturated rings. The number of carbonyl (C=O) groups is 2. The summed E-state index contributed by atoms with van der Waals surface area (Å²) in [6.07, 6.45) is 4.36. The molecule has 18 heavy (non-hydrogen) atoms. The van der Waals surface area contributed by atoms with E-state index in [9.17, 15) is 14.9 Å². The first-order chi connectivity index (χ1) is 8.64. The molecule has 0 bridgehead atoms. The van der Waals surface area contributed by atoms with Crippen LogP contribution in [0.25, 0.3) is 0 Å². The average molecular weight is 250 g/mol. The highest BCUT2D eigenvalue weighted by Crippen LogP contribution is 2.45. The van der Waals surface area contributed by atoms with Crippen molar-refractivity contribution in [1.29, 1.82) is 5.26 Å². The molecule has 98 valence electrons. The molecule has 2 atom stereocenters. The van der Waals surface area contributed by atoms with Crippen LogP contribution in [0.2, 0.25) is 0 Å². The number of rotatable bonds is 3. The van der Waals surface area contributed by atoms with E-state index < -0.39 is 5.54 Å². The zero-order valence-electron chi connectivity index (χ0n) is 10.6. The third kappa shape index (κ3) is 1.96. The molecule has 1 amide bonds. The van der Waals surface area contributed by atoms with Gasteiger partial charge in [0.05, 0.1) is 19.6 Å². The first kappa shape index (κ1) is 12.9. The van der Waals surface area contributed by atoms with Gasteiger partial charge in [-0.2, -0.15) is 5.26 Å². The SMILES string of the molecule is COC(=O)CCN1C(=O)C[C@@H]2CCCC[C@@]21C#N. The van der Waals surface area contributed by atoms with Gasteiger partial charge in [-0.05, 0) is 12.8 Å². The highest BCUT2D eigenvalue weighted by atomic mass is 16.5. The molecule has 1 heterocycles. The van der Waals surface area contributed by atoms with Gasteiger partial charge < -0.3 is 9.64 Å². The highest BCUT2D eigenvalue weighted by molar-refractivity contribution is 5.82. The lowest BCUT2D eigenvalue weighted by Gasteiger charge is -2.39. The van der Waals surface area contributed by atoms with Gasteiger partial charge in [-0.1, -0.05) is 12.8 Å². The summed E-state index contributed by atoms with van der Waals surface area (Å²) >= 11 is 0. The van der Waals surface area contributed by atoms with E-state index in [1.165, 1.54) is 7.11 Å². The third-order valence-corrected chi connectivity index (χ3v) is 4.20. The van der Waals surface area contributed by atoms with Gasteiger partial charge in [-0.3, -0.25) is 9.59 Å². The van der Waals surface area contributed by atoms with E-state index in [2.05, 4.69) is 10.8 Å². The Morgan fingerprint density at radius 2 is 2.39 bits per heavy atom. The molecular weight excluding hydrogens is 232 g/mol. The van der Waals surface area contributed by atoms with Crippen molar-refractivity contribution in [2.75, 3.05) is 13.7 Å². The number of carbonyl (C=O) groups excluding carboxylic acids is 2. The molecule has 0 radical (unpaired) electrons. The third-order valence-electron chi connectivity index (χ3n) is 4.20. The van der Waals surface area contributed by atoms with Crippen LogP contribution in [0.1, 0.15) is 38.5 Å². The predicted octanol–water partition coefficient (Wildman–Crippen LogP) is 1.23. The van der Waals surface area contributed by atoms with E-state index in [-0.39, 0.29) is 24.2 Å². The number of ether oxygens (including phenoxy) is 1. The fraction of sp³-hybridized carbons (Fsp3) is 0.769. The van der Waals surface area contributed by atoms with Crippen molar-refractivity contribution in [2.45, 2.75) is 44.1 Å². The maximum atomic E-state index is 12.0. The number of likely N-dealkylation sites (tertiary alicyclic amines) is 1. The minimum Gasteiger partial charge on any atom is -0.469 e. The first-order valence-electron chi connectivity index (χ1n) is 6.42. The van der Waals surface area contributed by atoms with E-state index >= 15 is 0 Å². The largest absolute Gasteiger partial charge is 0.469 e. The van der Waals surface area contributed by atoms with Crippen LogP contribution in [-0.4, -0.2) is 36.0 Å². The van der Waals surface area contributed by atoms with E-state index in [0.29, 0.717) is 13.0 Å². The number of esters is 1. The Kier molecular flexibility index (Phi) is 3.55. The molecule has 1 aliphatic carbocycles. The van der Waals surface area contributed by atoms with Gasteiger partial charge in [0.15, 0.2) is 0 Å². The second kappa shape index (κ2) is 4.97. The number of nitriles is 1. The molecule has 0 spiro atoms. The van der Waals surface area contributed by atoms with Gasteiger partial charge in [0.1, 0.15) is 5.54 Å². The topological polar surface area (TPSA) is 70.4 Å². The zero-order valence-corrected chi connectivity index (χ0v) is 10.6. The van der Waals surface area contributed by atoms with Crippen molar-refractivity contribution in [1.82, 2.24) is 4.90 Å². The van der Waals surface area contributed by atoms with Crippen LogP contribution in [0.3, 0.4) is 0 Å². The van der Waals surface area contributed by atoms with Gasteiger partial charge in [0.25, 0.3) is 0 Å². The molecular formula is C13H18N2O3. The van der Waals surface area contributed by atoms with Crippen LogP contribution in [0.15, 0.2) is 0 Å². The standard InChI is InChI=1S/C13H18N2O3/c1-18-12(17)5-7-15-11(16)8-10-4-2-3-6-13(10,15)9-14/h10H,2-8H2,1H3/t10-,13+/m0/s1. The van der Waals surface area contributed by atoms with Crippen LogP contribution in [0.4, 0.5) is 0 Å². The highest BCUT2D eigenvalue weighted by Gasteiger charge is 2.53. The van der Waals surface area contributed by atoms with Crippen molar-refractivity contribution in [3.8, 4) is 6.07 Å². The summed E-state index contributed by atoms with van der Waals surface area (Å²) in [6.45, 7) is 0.301. The molecule has 1 aliphatic heterocycles. The molecule has 5 heteroatoms. The number of amides is 1. The lowest BCUT2D eigenvalue weighted by atomic mass is 9.74. The summed E-state index contributed by atoms with van der Waals surface area (Å²) in [4.78, 5) is 24.8. The summed E-state index contributed by atoms with van der Waals surface area (Å²) in [5.41, 5.74) is -0.663. The van der Waals surface area contributed by atoms with Crippen LogP contribution in [0.5, 0.6) is 0 Å². The van der Waals surface area contributed by atoms with Crippen LogP contribution >= 0.6 is 0 Å². The Bertz CT molecular complexity index is 402. The molecule has 1 saturated carbocycles. The van der Waals surface area contributed by atoms with Crippen molar-refractivity contribution in [3.63, 3.8) is 0 Å². The van der Waals surface area contributed by atoms with Crippen molar-refractivity contribution in [3.05, 3.63) is 0 Å². The van der Waals surface area contributed by atoms with Crippen LogP contribution < -0.4 is 0 Å². The second-order valence-corrected chi connectivity index (χ2v) is 5.05.